The Bertz CT molecular complexity index is 825. The van der Waals surface area contributed by atoms with E-state index < -0.39 is 12.1 Å². The molecule has 1 aliphatic heterocycles. The smallest absolute Gasteiger partial charge is 0.254 e. The molecule has 2 heterocycles. The Kier molecular flexibility index (Phi) is 6.41. The van der Waals surface area contributed by atoms with Crippen LogP contribution in [0.25, 0.3) is 0 Å². The van der Waals surface area contributed by atoms with Gasteiger partial charge in [-0.05, 0) is 36.6 Å². The molecule has 1 aromatic heterocycles. The van der Waals surface area contributed by atoms with Gasteiger partial charge >= 0.3 is 0 Å². The third kappa shape index (κ3) is 4.22. The van der Waals surface area contributed by atoms with E-state index in [1.165, 1.54) is 0 Å². The molecule has 2 amide bonds. The first kappa shape index (κ1) is 20.0. The molecule has 3 rings (SSSR count). The van der Waals surface area contributed by atoms with E-state index in [1.807, 2.05) is 56.3 Å². The first-order valence-corrected chi connectivity index (χ1v) is 9.64. The summed E-state index contributed by atoms with van der Waals surface area (Å²) in [7, 11) is 1.74. The molecule has 0 N–H and O–H groups in total. The van der Waals surface area contributed by atoms with E-state index in [0.717, 1.165) is 23.2 Å². The number of hydrogen-bond acceptors (Lipinski definition) is 4. The Morgan fingerprint density at radius 3 is 2.68 bits per heavy atom. The minimum Gasteiger partial charge on any atom is -0.356 e. The van der Waals surface area contributed by atoms with Crippen molar-refractivity contribution < 1.29 is 14.3 Å². The summed E-state index contributed by atoms with van der Waals surface area (Å²) in [5, 5.41) is 0. The Hall–Kier alpha value is -2.73. The molecular formula is C22H27N3O3. The summed E-state index contributed by atoms with van der Waals surface area (Å²) in [6, 6.07) is 13.1. The largest absolute Gasteiger partial charge is 0.356 e. The highest BCUT2D eigenvalue weighted by Gasteiger charge is 2.42. The standard InChI is InChI=1S/C22H27N3O3/c1-4-13-25(14-17-10-7-8-12-23-17)22(27)21-20(24(3)19(26)15-28-21)18-11-6-5-9-16(18)2/h5-12,20-21H,4,13-15H2,1-3H3. The van der Waals surface area contributed by atoms with Crippen LogP contribution in [-0.2, 0) is 20.9 Å². The number of nitrogens with zero attached hydrogens (tertiary/aromatic N) is 3. The number of likely N-dealkylation sites (N-methyl/N-ethyl adjacent to an activating group) is 1. The summed E-state index contributed by atoms with van der Waals surface area (Å²) in [6.07, 6.45) is 1.82. The first-order chi connectivity index (χ1) is 13.5. The van der Waals surface area contributed by atoms with Gasteiger partial charge in [0.2, 0.25) is 5.91 Å². The summed E-state index contributed by atoms with van der Waals surface area (Å²) in [5.41, 5.74) is 2.80. The normalized spacial score (nSPS) is 19.5. The van der Waals surface area contributed by atoms with Crippen LogP contribution in [0.2, 0.25) is 0 Å². The highest BCUT2D eigenvalue weighted by atomic mass is 16.5. The Labute approximate surface area is 166 Å². The molecule has 1 aliphatic rings. The van der Waals surface area contributed by atoms with Crippen molar-refractivity contribution in [3.63, 3.8) is 0 Å². The highest BCUT2D eigenvalue weighted by molar-refractivity contribution is 5.86. The second kappa shape index (κ2) is 8.97. The van der Waals surface area contributed by atoms with Crippen molar-refractivity contribution in [1.82, 2.24) is 14.8 Å². The van der Waals surface area contributed by atoms with Crippen molar-refractivity contribution in [2.24, 2.45) is 0 Å². The number of aryl methyl sites for hydroxylation is 1. The molecule has 0 aliphatic carbocycles. The fraction of sp³-hybridized carbons (Fsp3) is 0.409. The lowest BCUT2D eigenvalue weighted by Gasteiger charge is -2.40. The monoisotopic (exact) mass is 381 g/mol. The van der Waals surface area contributed by atoms with Gasteiger partial charge in [-0.3, -0.25) is 14.6 Å². The van der Waals surface area contributed by atoms with Crippen molar-refractivity contribution >= 4 is 11.8 Å². The fourth-order valence-electron chi connectivity index (χ4n) is 3.61. The first-order valence-electron chi connectivity index (χ1n) is 9.64. The number of morpholine rings is 1. The van der Waals surface area contributed by atoms with Crippen molar-refractivity contribution in [3.8, 4) is 0 Å². The van der Waals surface area contributed by atoms with E-state index >= 15 is 0 Å². The van der Waals surface area contributed by atoms with Gasteiger partial charge in [-0.25, -0.2) is 0 Å². The second-order valence-corrected chi connectivity index (χ2v) is 7.12. The number of hydrogen-bond donors (Lipinski definition) is 0. The predicted octanol–water partition coefficient (Wildman–Crippen LogP) is 2.73. The number of amides is 2. The lowest BCUT2D eigenvalue weighted by Crippen LogP contribution is -2.54. The number of rotatable bonds is 6. The van der Waals surface area contributed by atoms with E-state index in [1.54, 1.807) is 23.0 Å². The third-order valence-electron chi connectivity index (χ3n) is 5.12. The predicted molar refractivity (Wildman–Crippen MR) is 106 cm³/mol. The van der Waals surface area contributed by atoms with Crippen LogP contribution < -0.4 is 0 Å². The van der Waals surface area contributed by atoms with Crippen LogP contribution in [0.4, 0.5) is 0 Å². The molecule has 0 bridgehead atoms. The van der Waals surface area contributed by atoms with Gasteiger partial charge in [-0.15, -0.1) is 0 Å². The van der Waals surface area contributed by atoms with Gasteiger partial charge in [0, 0.05) is 19.8 Å². The fourth-order valence-corrected chi connectivity index (χ4v) is 3.61. The molecule has 28 heavy (non-hydrogen) atoms. The van der Waals surface area contributed by atoms with Crippen LogP contribution in [0.15, 0.2) is 48.7 Å². The molecule has 2 atom stereocenters. The van der Waals surface area contributed by atoms with Crippen LogP contribution in [-0.4, -0.2) is 52.9 Å². The third-order valence-corrected chi connectivity index (χ3v) is 5.12. The highest BCUT2D eigenvalue weighted by Crippen LogP contribution is 2.32. The maximum atomic E-state index is 13.5. The van der Waals surface area contributed by atoms with Gasteiger partial charge in [-0.1, -0.05) is 37.3 Å². The van der Waals surface area contributed by atoms with E-state index in [9.17, 15) is 9.59 Å². The minimum absolute atomic E-state index is 0.0845. The Morgan fingerprint density at radius 1 is 1.25 bits per heavy atom. The summed E-state index contributed by atoms with van der Waals surface area (Å²) in [6.45, 7) is 4.97. The van der Waals surface area contributed by atoms with E-state index in [-0.39, 0.29) is 18.4 Å². The zero-order chi connectivity index (χ0) is 20.1. The van der Waals surface area contributed by atoms with Crippen LogP contribution in [0.3, 0.4) is 0 Å². The molecule has 148 valence electrons. The van der Waals surface area contributed by atoms with Crippen molar-refractivity contribution in [1.29, 1.82) is 0 Å². The lowest BCUT2D eigenvalue weighted by molar-refractivity contribution is -0.167. The van der Waals surface area contributed by atoms with Gasteiger partial charge in [0.25, 0.3) is 5.91 Å². The minimum atomic E-state index is -0.737. The quantitative estimate of drug-likeness (QED) is 0.772. The molecule has 1 saturated heterocycles. The van der Waals surface area contributed by atoms with Gasteiger partial charge in [0.05, 0.1) is 18.3 Å². The van der Waals surface area contributed by atoms with Gasteiger partial charge in [0.15, 0.2) is 6.10 Å². The van der Waals surface area contributed by atoms with E-state index in [0.29, 0.717) is 13.1 Å². The zero-order valence-electron chi connectivity index (χ0n) is 16.7. The van der Waals surface area contributed by atoms with Gasteiger partial charge in [-0.2, -0.15) is 0 Å². The number of aromatic nitrogens is 1. The summed E-state index contributed by atoms with van der Waals surface area (Å²) in [4.78, 5) is 33.6. The average Bonchev–Trinajstić information content (AvgIpc) is 2.71. The molecule has 0 radical (unpaired) electrons. The number of benzene rings is 1. The number of carbonyl (C=O) groups is 2. The molecule has 2 aromatic rings. The maximum Gasteiger partial charge on any atom is 0.254 e. The average molecular weight is 381 g/mol. The molecule has 0 spiro atoms. The number of pyridine rings is 1. The van der Waals surface area contributed by atoms with E-state index in [4.69, 9.17) is 4.74 Å². The van der Waals surface area contributed by atoms with Crippen LogP contribution >= 0.6 is 0 Å². The molecule has 2 unspecified atom stereocenters. The summed E-state index contributed by atoms with van der Waals surface area (Å²) >= 11 is 0. The lowest BCUT2D eigenvalue weighted by atomic mass is 9.93. The molecule has 6 nitrogen and oxygen atoms in total. The van der Waals surface area contributed by atoms with Crippen LogP contribution in [0.5, 0.6) is 0 Å². The zero-order valence-corrected chi connectivity index (χ0v) is 16.7. The molecule has 1 fully saturated rings. The van der Waals surface area contributed by atoms with Crippen molar-refractivity contribution in [2.75, 3.05) is 20.2 Å². The molecule has 1 aromatic carbocycles. The van der Waals surface area contributed by atoms with Gasteiger partial charge < -0.3 is 14.5 Å². The van der Waals surface area contributed by atoms with Crippen LogP contribution in [0, 0.1) is 6.92 Å². The molecule has 6 heteroatoms. The topological polar surface area (TPSA) is 62.7 Å². The molecular weight excluding hydrogens is 354 g/mol. The Balaban J connectivity index is 1.91. The summed E-state index contributed by atoms with van der Waals surface area (Å²) < 4.78 is 5.81. The van der Waals surface area contributed by atoms with Crippen molar-refractivity contribution in [3.05, 3.63) is 65.5 Å². The number of carbonyl (C=O) groups excluding carboxylic acids is 2. The van der Waals surface area contributed by atoms with E-state index in [2.05, 4.69) is 4.98 Å². The Morgan fingerprint density at radius 2 is 2.00 bits per heavy atom. The van der Waals surface area contributed by atoms with Crippen molar-refractivity contribution in [2.45, 2.75) is 39.0 Å². The summed E-state index contributed by atoms with van der Waals surface area (Å²) in [5.74, 6) is -0.232. The maximum absolute atomic E-state index is 13.5. The number of ether oxygens (including phenoxy) is 1. The second-order valence-electron chi connectivity index (χ2n) is 7.12. The van der Waals surface area contributed by atoms with Gasteiger partial charge in [0.1, 0.15) is 6.61 Å². The van der Waals surface area contributed by atoms with Crippen LogP contribution in [0.1, 0.15) is 36.2 Å². The SMILES string of the molecule is CCCN(Cc1ccccn1)C(=O)C1OCC(=O)N(C)C1c1ccccc1C. The molecule has 0 saturated carbocycles.